The summed E-state index contributed by atoms with van der Waals surface area (Å²) in [5.74, 6) is -0.835. The van der Waals surface area contributed by atoms with Gasteiger partial charge in [0.2, 0.25) is 0 Å². The molecule has 168 valence electrons. The first kappa shape index (κ1) is 25.6. The van der Waals surface area contributed by atoms with E-state index in [2.05, 4.69) is 25.3 Å². The number of hydrogen-bond donors (Lipinski definition) is 4. The number of rotatable bonds is 1. The van der Waals surface area contributed by atoms with Gasteiger partial charge in [0.05, 0.1) is 23.8 Å². The maximum atomic E-state index is 13.1. The number of pyridine rings is 2. The summed E-state index contributed by atoms with van der Waals surface area (Å²) in [4.78, 5) is 24.9. The number of halogens is 3. The fourth-order valence-electron chi connectivity index (χ4n) is 2.49. The molecule has 5 N–H and O–H groups in total. The lowest BCUT2D eigenvalue weighted by Crippen LogP contribution is -2.27. The summed E-state index contributed by atoms with van der Waals surface area (Å²) in [5, 5.41) is 3.68. The van der Waals surface area contributed by atoms with E-state index in [0.29, 0.717) is 33.4 Å². The topological polar surface area (TPSA) is 122 Å². The molecule has 0 aliphatic heterocycles. The number of nitrogens with one attached hydrogen (secondary N) is 3. The summed E-state index contributed by atoms with van der Waals surface area (Å²) in [6.07, 6.45) is 4.81. The van der Waals surface area contributed by atoms with Gasteiger partial charge in [-0.05, 0) is 32.9 Å². The molecule has 1 amide bonds. The van der Waals surface area contributed by atoms with Crippen LogP contribution in [0, 0.1) is 11.6 Å². The zero-order chi connectivity index (χ0) is 21.2. The van der Waals surface area contributed by atoms with Gasteiger partial charge in [-0.2, -0.15) is 0 Å². The van der Waals surface area contributed by atoms with E-state index in [1.165, 1.54) is 12.1 Å². The van der Waals surface area contributed by atoms with Crippen LogP contribution in [-0.4, -0.2) is 31.6 Å². The number of nitrogens with two attached hydrogens (primary N) is 1. The predicted molar refractivity (Wildman–Crippen MR) is 120 cm³/mol. The van der Waals surface area contributed by atoms with Gasteiger partial charge < -0.3 is 20.4 Å². The summed E-state index contributed by atoms with van der Waals surface area (Å²) < 4.78 is 30.8. The molecule has 4 aromatic heterocycles. The quantitative estimate of drug-likeness (QED) is 0.307. The fourth-order valence-corrected chi connectivity index (χ4v) is 2.49. The van der Waals surface area contributed by atoms with Crippen LogP contribution in [0.15, 0.2) is 36.9 Å². The average Bonchev–Trinajstić information content (AvgIpc) is 3.18. The van der Waals surface area contributed by atoms with Crippen LogP contribution >= 0.6 is 12.4 Å². The Balaban J connectivity index is 0.000000320. The molecule has 4 rings (SSSR count). The van der Waals surface area contributed by atoms with Crippen LogP contribution in [0.2, 0.25) is 0 Å². The third-order valence-electron chi connectivity index (χ3n) is 3.66. The van der Waals surface area contributed by atoms with E-state index < -0.39 is 17.5 Å². The standard InChI is InChI=1S/C12H14FN3O2.C7H6FN3.CH4.ClH/c1-12(2,3)18-11(17)16-9-6-15-10-8(9)4-7(13)5-14-10;8-4-1-5-6(9)3-11-7(5)10-2-4;;/h4-6H,1-3H3,(H,14,15)(H,16,17);1-3H,9H2,(H,10,11);1H4;1H. The van der Waals surface area contributed by atoms with E-state index in [9.17, 15) is 13.6 Å². The molecular formula is C20H25ClF2N6O2. The van der Waals surface area contributed by atoms with E-state index in [1.54, 1.807) is 33.2 Å². The smallest absolute Gasteiger partial charge is 0.412 e. The number of hydrogen-bond acceptors (Lipinski definition) is 5. The second-order valence-electron chi connectivity index (χ2n) is 7.17. The second-order valence-corrected chi connectivity index (χ2v) is 7.17. The number of nitrogens with zero attached hydrogens (tertiary/aromatic N) is 2. The zero-order valence-electron chi connectivity index (χ0n) is 16.4. The number of ether oxygens (including phenoxy) is 1. The molecule has 0 aliphatic rings. The number of fused-ring (bicyclic) bond motifs is 2. The summed E-state index contributed by atoms with van der Waals surface area (Å²) in [7, 11) is 0. The first-order chi connectivity index (χ1) is 13.6. The minimum Gasteiger partial charge on any atom is -0.444 e. The highest BCUT2D eigenvalue weighted by atomic mass is 35.5. The van der Waals surface area contributed by atoms with Crippen molar-refractivity contribution in [1.82, 2.24) is 19.9 Å². The second kappa shape index (κ2) is 10.1. The zero-order valence-corrected chi connectivity index (χ0v) is 17.2. The Morgan fingerprint density at radius 1 is 1.03 bits per heavy atom. The molecule has 0 fully saturated rings. The maximum absolute atomic E-state index is 13.1. The monoisotopic (exact) mass is 454 g/mol. The summed E-state index contributed by atoms with van der Waals surface area (Å²) in [6.45, 7) is 5.30. The Kier molecular flexibility index (Phi) is 8.33. The first-order valence-corrected chi connectivity index (χ1v) is 8.63. The van der Waals surface area contributed by atoms with Gasteiger partial charge in [-0.3, -0.25) is 5.32 Å². The molecule has 0 atom stereocenters. The van der Waals surface area contributed by atoms with Crippen molar-refractivity contribution in [3.8, 4) is 0 Å². The third-order valence-corrected chi connectivity index (χ3v) is 3.66. The average molecular weight is 455 g/mol. The van der Waals surface area contributed by atoms with Gasteiger partial charge in [0.15, 0.2) is 0 Å². The van der Waals surface area contributed by atoms with Crippen LogP contribution in [-0.2, 0) is 4.74 Å². The van der Waals surface area contributed by atoms with E-state index in [0.717, 1.165) is 12.4 Å². The highest BCUT2D eigenvalue weighted by Crippen LogP contribution is 2.23. The molecule has 0 saturated carbocycles. The molecule has 0 spiro atoms. The van der Waals surface area contributed by atoms with Crippen LogP contribution < -0.4 is 11.1 Å². The molecule has 0 unspecified atom stereocenters. The van der Waals surface area contributed by atoms with Crippen LogP contribution in [0.25, 0.3) is 22.1 Å². The molecule has 0 bridgehead atoms. The lowest BCUT2D eigenvalue weighted by Gasteiger charge is -2.19. The van der Waals surface area contributed by atoms with Gasteiger partial charge in [0.1, 0.15) is 28.5 Å². The number of aromatic amines is 2. The van der Waals surface area contributed by atoms with Gasteiger partial charge >= 0.3 is 6.09 Å². The van der Waals surface area contributed by atoms with Gasteiger partial charge in [-0.25, -0.2) is 23.5 Å². The first-order valence-electron chi connectivity index (χ1n) is 8.63. The Hall–Kier alpha value is -3.40. The number of carbonyl (C=O) groups is 1. The number of aromatic nitrogens is 4. The molecule has 0 saturated heterocycles. The molecule has 8 nitrogen and oxygen atoms in total. The molecule has 11 heteroatoms. The normalized spacial score (nSPS) is 10.5. The number of carbonyl (C=O) groups excluding carboxylic acids is 1. The van der Waals surface area contributed by atoms with Crippen LogP contribution in [0.3, 0.4) is 0 Å². The Bertz CT molecular complexity index is 1170. The molecule has 0 aromatic carbocycles. The highest BCUT2D eigenvalue weighted by Gasteiger charge is 2.17. The number of anilines is 2. The molecule has 0 radical (unpaired) electrons. The van der Waals surface area contributed by atoms with E-state index in [-0.39, 0.29) is 25.7 Å². The third kappa shape index (κ3) is 6.54. The Labute approximate surface area is 184 Å². The van der Waals surface area contributed by atoms with Crippen molar-refractivity contribution >= 4 is 51.9 Å². The number of nitrogen functional groups attached to an aromatic ring is 1. The fraction of sp³-hybridized carbons (Fsp3) is 0.250. The Morgan fingerprint density at radius 3 is 2.13 bits per heavy atom. The summed E-state index contributed by atoms with van der Waals surface area (Å²) in [6, 6.07) is 2.65. The van der Waals surface area contributed by atoms with E-state index in [4.69, 9.17) is 10.5 Å². The largest absolute Gasteiger partial charge is 0.444 e. The lowest BCUT2D eigenvalue weighted by molar-refractivity contribution is 0.0636. The van der Waals surface area contributed by atoms with Crippen molar-refractivity contribution in [2.45, 2.75) is 33.8 Å². The van der Waals surface area contributed by atoms with Crippen molar-refractivity contribution in [3.05, 3.63) is 48.6 Å². The van der Waals surface area contributed by atoms with E-state index >= 15 is 0 Å². The van der Waals surface area contributed by atoms with Gasteiger partial charge in [-0.15, -0.1) is 12.4 Å². The van der Waals surface area contributed by atoms with Crippen molar-refractivity contribution < 1.29 is 18.3 Å². The molecular weight excluding hydrogens is 430 g/mol. The highest BCUT2D eigenvalue weighted by molar-refractivity contribution is 5.98. The van der Waals surface area contributed by atoms with Crippen LogP contribution in [0.4, 0.5) is 25.0 Å². The molecule has 4 heterocycles. The molecule has 0 aliphatic carbocycles. The van der Waals surface area contributed by atoms with Crippen molar-refractivity contribution in [2.24, 2.45) is 0 Å². The van der Waals surface area contributed by atoms with Crippen LogP contribution in [0.5, 0.6) is 0 Å². The van der Waals surface area contributed by atoms with Gasteiger partial charge in [0.25, 0.3) is 0 Å². The van der Waals surface area contributed by atoms with Crippen molar-refractivity contribution in [1.29, 1.82) is 0 Å². The van der Waals surface area contributed by atoms with Crippen LogP contribution in [0.1, 0.15) is 28.2 Å². The number of H-pyrrole nitrogens is 2. The predicted octanol–water partition coefficient (Wildman–Crippen LogP) is 5.39. The van der Waals surface area contributed by atoms with Gasteiger partial charge in [-0.1, -0.05) is 7.43 Å². The SMILES string of the molecule is C.CC(C)(C)OC(=O)Nc1c[nH]c2ncc(F)cc12.Cl.Nc1c[nH]c2ncc(F)cc12. The van der Waals surface area contributed by atoms with Crippen molar-refractivity contribution in [3.63, 3.8) is 0 Å². The number of amides is 1. The summed E-state index contributed by atoms with van der Waals surface area (Å²) in [5.41, 5.74) is 7.00. The minimum absolute atomic E-state index is 0. The molecule has 4 aromatic rings. The minimum atomic E-state index is -0.590. The lowest BCUT2D eigenvalue weighted by atomic mass is 10.2. The summed E-state index contributed by atoms with van der Waals surface area (Å²) >= 11 is 0. The maximum Gasteiger partial charge on any atom is 0.412 e. The van der Waals surface area contributed by atoms with E-state index in [1.807, 2.05) is 0 Å². The van der Waals surface area contributed by atoms with Gasteiger partial charge in [0, 0.05) is 23.2 Å². The Morgan fingerprint density at radius 2 is 1.55 bits per heavy atom. The van der Waals surface area contributed by atoms with Crippen molar-refractivity contribution in [2.75, 3.05) is 11.1 Å². The molecule has 31 heavy (non-hydrogen) atoms.